The number of hydrogen-bond acceptors (Lipinski definition) is 20. The number of alkyl halides is 6. The van der Waals surface area contributed by atoms with Crippen LogP contribution in [0.5, 0.6) is 5.75 Å². The standard InChI is InChI=1S/C24H20F3N5O4S2.C23H24ClN5O4S.C23H19F3N6O4S2.2H2/c25-24(26,27)17-2-1-16-7-9-30(20(16)13-17)14-21(33)31-10-11-32(22(34)15-31)18-3-5-19(6-4-18)38(35,36)29-23-28-8-12-37-23;1-17-14-18(24)2-7-21(17)33-15-23(30)29-12-10-28(11-13-29)19-3-5-20(6-4-19)34(31,32)27-22-8-9-25-16-26-22;24-23(25,26)16-2-1-15-7-8-30(19(15)11-16)12-20(33)31-9-10-32(21(34)13-31)17-3-5-18(6-4-17)38(35,36)29-22-27-14-28-37-22;;/h1-9,12-13H,10-11,14-15H2,(H,28,29);2-9,14,16H,10-13,15H2,1H3,(H,25,26,27);1-8,11,14H,9-10,12-13H2,(H,27,28,29);2*1H. The summed E-state index contributed by atoms with van der Waals surface area (Å²) in [7, 11) is -11.5. The van der Waals surface area contributed by atoms with Crippen LogP contribution in [-0.2, 0) is 79.5 Å². The van der Waals surface area contributed by atoms with E-state index in [9.17, 15) is 75.6 Å². The van der Waals surface area contributed by atoms with E-state index in [0.29, 0.717) is 59.1 Å². The Morgan fingerprint density at radius 2 is 1.02 bits per heavy atom. The average Bonchev–Trinajstić information content (AvgIpc) is 1.38. The van der Waals surface area contributed by atoms with Crippen molar-refractivity contribution >= 4 is 149 Å². The minimum absolute atomic E-state index is 0. The lowest BCUT2D eigenvalue weighted by Gasteiger charge is -2.36. The van der Waals surface area contributed by atoms with Crippen LogP contribution in [-0.4, -0.2) is 175 Å². The molecule has 0 atom stereocenters. The number of nitrogens with zero attached hydrogens (tertiary/aromatic N) is 13. The number of aromatic nitrogens is 7. The van der Waals surface area contributed by atoms with Crippen molar-refractivity contribution in [2.45, 2.75) is 47.1 Å². The van der Waals surface area contributed by atoms with Crippen molar-refractivity contribution in [3.63, 3.8) is 0 Å². The van der Waals surface area contributed by atoms with Gasteiger partial charge in [-0.2, -0.15) is 30.7 Å². The number of aryl methyl sites for hydroxylation is 1. The van der Waals surface area contributed by atoms with Gasteiger partial charge in [0.05, 0.1) is 25.8 Å². The molecule has 3 N–H and O–H groups in total. The Kier molecular flexibility index (Phi) is 23.4. The van der Waals surface area contributed by atoms with E-state index < -0.39 is 65.4 Å². The van der Waals surface area contributed by atoms with Crippen LogP contribution in [0.15, 0.2) is 203 Å². The lowest BCUT2D eigenvalue weighted by atomic mass is 10.1. The molecule has 5 amide bonds. The fourth-order valence-electron chi connectivity index (χ4n) is 11.9. The van der Waals surface area contributed by atoms with Gasteiger partial charge in [-0.05, 0) is 157 Å². The Morgan fingerprint density at radius 1 is 0.527 bits per heavy atom. The van der Waals surface area contributed by atoms with Crippen LogP contribution in [0.2, 0.25) is 5.02 Å². The van der Waals surface area contributed by atoms with Crippen molar-refractivity contribution in [3.8, 4) is 5.75 Å². The topological polar surface area (TPSA) is 327 Å². The minimum Gasteiger partial charge on any atom is -0.483 e. The minimum atomic E-state index is -4.51. The Labute approximate surface area is 640 Å². The van der Waals surface area contributed by atoms with E-state index in [1.165, 1.54) is 127 Å². The molecule has 0 aliphatic carbocycles. The first-order valence-corrected chi connectivity index (χ1v) is 39.5. The van der Waals surface area contributed by atoms with Crippen LogP contribution in [0.4, 0.5) is 59.5 Å². The first-order valence-electron chi connectivity index (χ1n) is 33.1. The average molecular weight is 1630 g/mol. The number of hydrogen-bond donors (Lipinski definition) is 3. The van der Waals surface area contributed by atoms with Crippen molar-refractivity contribution in [3.05, 3.63) is 210 Å². The summed E-state index contributed by atoms with van der Waals surface area (Å²) >= 11 is 7.99. The van der Waals surface area contributed by atoms with Gasteiger partial charge in [-0.25, -0.2) is 45.2 Å². The van der Waals surface area contributed by atoms with Gasteiger partial charge >= 0.3 is 12.4 Å². The van der Waals surface area contributed by atoms with E-state index in [0.717, 1.165) is 58.4 Å². The first-order chi connectivity index (χ1) is 52.3. The molecule has 3 aliphatic heterocycles. The Hall–Kier alpha value is -11.3. The SMILES string of the molecule is Cc1cc(Cl)ccc1OCC(=O)N1CCN(c2ccc(S(=O)(=O)Nc3ccncn3)cc2)CC1.O=C(Cn1ccc2ccc(C(F)(F)F)cc21)N1CCN(c2ccc(S(=O)(=O)Nc3nccs3)cc2)C(=O)C1.O=C(Cn1ccc2ccc(C(F)(F)F)cc21)N1CCN(c2ccc(S(=O)(=O)Nc3ncns3)cc2)C(=O)C1.[HH].[HH]. The molecule has 40 heteroatoms. The molecule has 0 bridgehead atoms. The molecule has 3 aliphatic rings. The summed E-state index contributed by atoms with van der Waals surface area (Å²) < 4.78 is 173. The monoisotopic (exact) mass is 1630 g/mol. The zero-order valence-electron chi connectivity index (χ0n) is 57.5. The van der Waals surface area contributed by atoms with Crippen LogP contribution in [0.1, 0.15) is 19.5 Å². The largest absolute Gasteiger partial charge is 0.483 e. The summed E-state index contributed by atoms with van der Waals surface area (Å²) in [6.07, 6.45) is -0.489. The van der Waals surface area contributed by atoms with Crippen LogP contribution in [0.25, 0.3) is 21.8 Å². The maximum absolute atomic E-state index is 13.1. The highest BCUT2D eigenvalue weighted by Crippen LogP contribution is 2.35. The Morgan fingerprint density at radius 3 is 1.46 bits per heavy atom. The van der Waals surface area contributed by atoms with Crippen LogP contribution < -0.4 is 33.6 Å². The summed E-state index contributed by atoms with van der Waals surface area (Å²) in [4.78, 5) is 89.0. The lowest BCUT2D eigenvalue weighted by molar-refractivity contribution is -0.138. The quantitative estimate of drug-likeness (QED) is 0.0633. The number of thiazole rings is 1. The smallest absolute Gasteiger partial charge is 0.416 e. The summed E-state index contributed by atoms with van der Waals surface area (Å²) in [5.41, 5.74) is 1.64. The predicted octanol–water partition coefficient (Wildman–Crippen LogP) is 10.4. The highest BCUT2D eigenvalue weighted by Gasteiger charge is 2.35. The van der Waals surface area contributed by atoms with Crippen molar-refractivity contribution in [1.82, 2.24) is 48.1 Å². The van der Waals surface area contributed by atoms with Gasteiger partial charge in [-0.15, -0.1) is 11.3 Å². The zero-order chi connectivity index (χ0) is 78.3. The zero-order valence-corrected chi connectivity index (χ0v) is 62.3. The molecular formula is C70H67ClF6N16O12S5. The molecule has 0 radical (unpaired) electrons. The van der Waals surface area contributed by atoms with Crippen molar-refractivity contribution in [1.29, 1.82) is 0 Å². The van der Waals surface area contributed by atoms with Crippen LogP contribution in [0.3, 0.4) is 0 Å². The fraction of sp³-hybridized carbons (Fsp3) is 0.229. The summed E-state index contributed by atoms with van der Waals surface area (Å²) in [5, 5.41) is 3.76. The van der Waals surface area contributed by atoms with Crippen LogP contribution >= 0.6 is 34.5 Å². The summed E-state index contributed by atoms with van der Waals surface area (Å²) in [5.74, 6) is -0.775. The number of fused-ring (bicyclic) bond motifs is 2. The van der Waals surface area contributed by atoms with Gasteiger partial charge < -0.3 is 43.3 Å². The maximum atomic E-state index is 13.1. The van der Waals surface area contributed by atoms with E-state index in [1.807, 2.05) is 6.92 Å². The van der Waals surface area contributed by atoms with Crippen molar-refractivity contribution in [2.24, 2.45) is 0 Å². The van der Waals surface area contributed by atoms with E-state index in [-0.39, 0.29) is 121 Å². The normalized spacial score (nSPS) is 14.5. The molecule has 0 saturated carbocycles. The number of benzene rings is 6. The molecule has 0 spiro atoms. The maximum Gasteiger partial charge on any atom is 0.416 e. The van der Waals surface area contributed by atoms with Gasteiger partial charge in [0.25, 0.3) is 36.0 Å². The Bertz CT molecular complexity index is 5310. The number of rotatable bonds is 19. The number of anilines is 6. The first kappa shape index (κ1) is 78.3. The highest BCUT2D eigenvalue weighted by molar-refractivity contribution is 7.93. The molecule has 110 heavy (non-hydrogen) atoms. The van der Waals surface area contributed by atoms with Crippen LogP contribution in [0, 0.1) is 6.92 Å². The molecule has 11 aromatic rings. The van der Waals surface area contributed by atoms with Gasteiger partial charge in [-0.3, -0.25) is 38.1 Å². The molecule has 3 saturated heterocycles. The van der Waals surface area contributed by atoms with Crippen molar-refractivity contribution < 1.29 is 83.2 Å². The number of sulfonamides is 3. The molecule has 5 aromatic heterocycles. The number of nitrogens with one attached hydrogen (secondary N) is 3. The Balaban J connectivity index is 0.000000177. The van der Waals surface area contributed by atoms with E-state index >= 15 is 0 Å². The molecular weight excluding hydrogens is 1570 g/mol. The fourth-order valence-corrected chi connectivity index (χ4v) is 16.5. The predicted molar refractivity (Wildman–Crippen MR) is 402 cm³/mol. The van der Waals surface area contributed by atoms with Gasteiger partial charge in [0.2, 0.25) is 28.8 Å². The molecule has 28 nitrogen and oxygen atoms in total. The van der Waals surface area contributed by atoms with E-state index in [2.05, 4.69) is 43.4 Å². The second-order valence-electron chi connectivity index (χ2n) is 24.7. The number of ether oxygens (including phenoxy) is 1. The number of amides is 5. The molecule has 3 fully saturated rings. The number of carbonyl (C=O) groups excluding carboxylic acids is 5. The lowest BCUT2D eigenvalue weighted by Crippen LogP contribution is -2.53. The summed E-state index contributed by atoms with van der Waals surface area (Å²) in [6.45, 7) is 4.14. The molecule has 14 rings (SSSR count). The van der Waals surface area contributed by atoms with Gasteiger partial charge in [0.1, 0.15) is 50.4 Å². The second kappa shape index (κ2) is 32.9. The third-order valence-corrected chi connectivity index (χ3v) is 23.4. The number of piperazine rings is 3. The molecule has 578 valence electrons. The summed E-state index contributed by atoms with van der Waals surface area (Å²) in [6, 6.07) is 34.8. The van der Waals surface area contributed by atoms with Crippen molar-refractivity contribution in [2.75, 3.05) is 101 Å². The van der Waals surface area contributed by atoms with Gasteiger partial charge in [-0.1, -0.05) is 23.7 Å². The molecule has 6 aromatic carbocycles. The van der Waals surface area contributed by atoms with Gasteiger partial charge in [0.15, 0.2) is 11.7 Å². The van der Waals surface area contributed by atoms with E-state index in [4.69, 9.17) is 16.3 Å². The number of halogens is 7. The van der Waals surface area contributed by atoms with E-state index in [1.54, 1.807) is 71.1 Å². The third kappa shape index (κ3) is 19.1. The van der Waals surface area contributed by atoms with Gasteiger partial charge in [0, 0.05) is 130 Å². The molecule has 0 unspecified atom stereocenters. The third-order valence-electron chi connectivity index (χ3n) is 17.6. The second-order valence-corrected chi connectivity index (χ2v) is 31.9. The number of carbonyl (C=O) groups is 5. The molecule has 8 heterocycles. The highest BCUT2D eigenvalue weighted by atomic mass is 35.5.